The summed E-state index contributed by atoms with van der Waals surface area (Å²) in [4.78, 5) is 120. The van der Waals surface area contributed by atoms with Gasteiger partial charge in [0.05, 0.1) is 16.3 Å². The summed E-state index contributed by atoms with van der Waals surface area (Å²) in [6.45, 7) is 19.6. The number of para-hydroxylation sites is 1. The predicted molar refractivity (Wildman–Crippen MR) is 492 cm³/mol. The number of aryl methyl sites for hydroxylation is 1. The average Bonchev–Trinajstić information content (AvgIpc) is 1.37. The topological polar surface area (TPSA) is 332 Å². The molecule has 1 saturated carbocycles. The van der Waals surface area contributed by atoms with Crippen molar-refractivity contribution in [1.82, 2.24) is 49.8 Å². The Morgan fingerprint density at radius 2 is 0.861 bits per heavy atom. The maximum atomic E-state index is 13.5. The number of rotatable bonds is 18. The van der Waals surface area contributed by atoms with Crippen molar-refractivity contribution >= 4 is 195 Å². The third-order valence-electron chi connectivity index (χ3n) is 21.6. The molecule has 0 radical (unpaired) electrons. The van der Waals surface area contributed by atoms with Gasteiger partial charge in [0.1, 0.15) is 99.0 Å². The number of nitrogens with zero attached hydrogens (tertiary/aromatic N) is 15. The zero-order chi connectivity index (χ0) is 86.5. The molecule has 11 aromatic heterocycles. The van der Waals surface area contributed by atoms with Crippen LogP contribution >= 0.6 is 68.0 Å². The Bertz CT molecular complexity index is 6370. The molecule has 122 heavy (non-hydrogen) atoms. The second-order valence-electron chi connectivity index (χ2n) is 31.2. The Labute approximate surface area is 727 Å². The average molecular weight is 1760 g/mol. The number of hydrogen-bond acceptors (Lipinski definition) is 26. The van der Waals surface area contributed by atoms with E-state index >= 15 is 0 Å². The molecule has 2 fully saturated rings. The van der Waals surface area contributed by atoms with Crippen molar-refractivity contribution in [3.05, 3.63) is 186 Å². The van der Waals surface area contributed by atoms with Gasteiger partial charge in [-0.2, -0.15) is 0 Å². The van der Waals surface area contributed by atoms with E-state index in [1.54, 1.807) is 47.7 Å². The van der Waals surface area contributed by atoms with E-state index in [0.717, 1.165) is 163 Å². The second kappa shape index (κ2) is 37.8. The van der Waals surface area contributed by atoms with Crippen LogP contribution in [0.5, 0.6) is 0 Å². The van der Waals surface area contributed by atoms with E-state index in [9.17, 15) is 43.7 Å². The normalized spacial score (nSPS) is 13.5. The molecule has 32 heteroatoms. The standard InChI is InChI=1S/C22H16FN3O2S.C21H19N3O2S.C17H23N3O2S.C15H15N3O2S2.C15H19N3O2S/c23-15-9-7-14(8-10-15)19-20(25-21-16(24-19)12-18(29-21)22(27)28)26-11-3-5-13-4-1-2-6-17(13)26;1-12(2)24(3)19-18(15-9-8-13-6-4-5-7-14(13)10-15)22-16-11-17(21(25)26)27-20(16)23-19;1-10(2)20(3)15-14(11-7-5-4-6-8-11)18-12-9-13(17(21)22)23-16(12)19-15;1-8(2)18(3)13-12(10-5-4-6-21-10)16-9-7-11(15(19)20)22-14(9)17-13;1-9(2)12-13(18-6-4-3-5-7-18)17-14-10(16-12)8-11(21-14)15(19)20/h1-2,4,6-10,12H,3,5,11H2,(H,27,28);4-12H,1-3H3,(H,25,26);9-11H,4-8H2,1-3H3,(H,21,22);4-8H,1-3H3,(H,19,20);8-9H,3-7H2,1-2H3,(H,19,20). The molecule has 0 amide bonds. The highest BCUT2D eigenvalue weighted by Crippen LogP contribution is 2.44. The Hall–Kier alpha value is -11.7. The summed E-state index contributed by atoms with van der Waals surface area (Å²) in [5, 5.41) is 50.4. The first-order chi connectivity index (χ1) is 58.5. The van der Waals surface area contributed by atoms with E-state index in [0.29, 0.717) is 80.1 Å². The minimum Gasteiger partial charge on any atom is -0.477 e. The monoisotopic (exact) mass is 1750 g/mol. The molecule has 2 aliphatic heterocycles. The van der Waals surface area contributed by atoms with E-state index in [4.69, 9.17) is 50.1 Å². The summed E-state index contributed by atoms with van der Waals surface area (Å²) in [5.74, 6) is -0.277. The van der Waals surface area contributed by atoms with E-state index in [2.05, 4.69) is 126 Å². The van der Waals surface area contributed by atoms with Crippen molar-refractivity contribution in [2.75, 3.05) is 65.3 Å². The lowest BCUT2D eigenvalue weighted by Crippen LogP contribution is -2.31. The highest BCUT2D eigenvalue weighted by molar-refractivity contribution is 7.21. The molecule has 15 aromatic rings. The van der Waals surface area contributed by atoms with E-state index in [1.165, 1.54) is 85.0 Å². The number of fused-ring (bicyclic) bond motifs is 7. The van der Waals surface area contributed by atoms with Gasteiger partial charge in [-0.15, -0.1) is 68.0 Å². The summed E-state index contributed by atoms with van der Waals surface area (Å²) in [7, 11) is 6.00. The molecule has 1 aliphatic carbocycles. The van der Waals surface area contributed by atoms with Gasteiger partial charge >= 0.3 is 29.8 Å². The fourth-order valence-corrected chi connectivity index (χ4v) is 19.3. The van der Waals surface area contributed by atoms with Crippen LogP contribution in [0.15, 0.2) is 139 Å². The van der Waals surface area contributed by atoms with Crippen molar-refractivity contribution in [3.8, 4) is 33.1 Å². The summed E-state index contributed by atoms with van der Waals surface area (Å²) >= 11 is 7.43. The van der Waals surface area contributed by atoms with Crippen LogP contribution in [-0.2, 0) is 6.42 Å². The number of carboxylic acids is 5. The first-order valence-corrected chi connectivity index (χ1v) is 45.3. The number of piperidine rings is 1. The van der Waals surface area contributed by atoms with Gasteiger partial charge in [0.25, 0.3) is 0 Å². The molecule has 5 N–H and O–H groups in total. The summed E-state index contributed by atoms with van der Waals surface area (Å²) in [6.07, 6.45) is 11.7. The molecule has 630 valence electrons. The number of benzene rings is 4. The Morgan fingerprint density at radius 1 is 0.418 bits per heavy atom. The highest BCUT2D eigenvalue weighted by atomic mass is 32.1. The molecule has 0 spiro atoms. The smallest absolute Gasteiger partial charge is 0.346 e. The van der Waals surface area contributed by atoms with Crippen molar-refractivity contribution in [3.63, 3.8) is 0 Å². The number of thiophene rings is 6. The number of hydrogen-bond donors (Lipinski definition) is 5. The number of aromatic nitrogens is 10. The van der Waals surface area contributed by atoms with Crippen LogP contribution in [0.3, 0.4) is 0 Å². The van der Waals surface area contributed by atoms with Gasteiger partial charge in [0, 0.05) is 81.6 Å². The van der Waals surface area contributed by atoms with Crippen LogP contribution < -0.4 is 24.5 Å². The first-order valence-electron chi connectivity index (χ1n) is 40.4. The fourth-order valence-electron chi connectivity index (χ4n) is 14.5. The van der Waals surface area contributed by atoms with Crippen molar-refractivity contribution in [2.45, 2.75) is 150 Å². The minimum absolute atomic E-state index is 0.196. The van der Waals surface area contributed by atoms with Gasteiger partial charge in [0.15, 0.2) is 29.1 Å². The SMILES string of the molecule is CC(C)N(C)c1nc2sc(C(=O)O)cc2nc1-c1ccc2ccccc2c1.CC(C)N(C)c1nc2sc(C(=O)O)cc2nc1-c1cccs1.CC(C)N(C)c1nc2sc(C(=O)O)cc2nc1C1CCCCC1.CC(C)c1nc2cc(C(=O)O)sc2nc1N1CCCCC1.O=C(O)c1cc2nc(-c3ccc(F)cc3)c(N3CCCc4ccccc43)nc2s1. The van der Waals surface area contributed by atoms with Gasteiger partial charge < -0.3 is 50.0 Å². The van der Waals surface area contributed by atoms with E-state index in [1.807, 2.05) is 69.0 Å². The summed E-state index contributed by atoms with van der Waals surface area (Å²) in [6, 6.07) is 41.5. The largest absolute Gasteiger partial charge is 0.477 e. The number of halogens is 1. The third-order valence-corrected chi connectivity index (χ3v) is 27.5. The van der Waals surface area contributed by atoms with E-state index in [-0.39, 0.29) is 38.5 Å². The van der Waals surface area contributed by atoms with Gasteiger partial charge in [-0.05, 0) is 187 Å². The number of aromatic carboxylic acids is 5. The molecule has 3 aliphatic rings. The molecule has 0 atom stereocenters. The Morgan fingerprint density at radius 3 is 1.38 bits per heavy atom. The molecule has 13 heterocycles. The Kier molecular flexibility index (Phi) is 26.8. The van der Waals surface area contributed by atoms with Crippen LogP contribution in [-0.4, -0.2) is 164 Å². The van der Waals surface area contributed by atoms with Crippen LogP contribution in [0.25, 0.3) is 95.6 Å². The third kappa shape index (κ3) is 19.3. The quantitative estimate of drug-likeness (QED) is 0.0533. The van der Waals surface area contributed by atoms with Crippen LogP contribution in [0.2, 0.25) is 0 Å². The molecule has 0 unspecified atom stereocenters. The second-order valence-corrected chi connectivity index (χ2v) is 37.3. The molecule has 18 rings (SSSR count). The summed E-state index contributed by atoms with van der Waals surface area (Å²) in [5.41, 5.74) is 11.4. The first kappa shape index (κ1) is 86.7. The lowest BCUT2D eigenvalue weighted by atomic mass is 9.86. The maximum Gasteiger partial charge on any atom is 0.346 e. The van der Waals surface area contributed by atoms with Crippen molar-refractivity contribution in [2.24, 2.45) is 0 Å². The van der Waals surface area contributed by atoms with Crippen LogP contribution in [0.1, 0.15) is 190 Å². The lowest BCUT2D eigenvalue weighted by molar-refractivity contribution is 0.0691. The van der Waals surface area contributed by atoms with E-state index < -0.39 is 29.8 Å². The number of anilines is 6. The van der Waals surface area contributed by atoms with Gasteiger partial charge in [-0.3, -0.25) is 0 Å². The van der Waals surface area contributed by atoms with Gasteiger partial charge in [-0.25, -0.2) is 78.2 Å². The van der Waals surface area contributed by atoms with Gasteiger partial charge in [-0.1, -0.05) is 93.8 Å². The maximum absolute atomic E-state index is 13.5. The van der Waals surface area contributed by atoms with Crippen molar-refractivity contribution < 1.29 is 53.9 Å². The van der Waals surface area contributed by atoms with Crippen LogP contribution in [0.4, 0.5) is 39.2 Å². The fraction of sp³-hybridized carbons (Fsp3) is 0.322. The van der Waals surface area contributed by atoms with Crippen LogP contribution in [0, 0.1) is 5.82 Å². The lowest BCUT2D eigenvalue weighted by Gasteiger charge is -2.31. The highest BCUT2D eigenvalue weighted by Gasteiger charge is 2.30. The Balaban J connectivity index is 0.000000125. The molecular formula is C90H92FN15O10S6. The molecular weight excluding hydrogens is 1660 g/mol. The van der Waals surface area contributed by atoms with Crippen molar-refractivity contribution in [1.29, 1.82) is 0 Å². The molecule has 25 nitrogen and oxygen atoms in total. The zero-order valence-corrected chi connectivity index (χ0v) is 74.1. The van der Waals surface area contributed by atoms with Gasteiger partial charge in [0.2, 0.25) is 0 Å². The molecule has 1 saturated heterocycles. The zero-order valence-electron chi connectivity index (χ0n) is 69.2. The minimum atomic E-state index is -0.997. The summed E-state index contributed by atoms with van der Waals surface area (Å²) < 4.78 is 13.5. The molecule has 0 bridgehead atoms. The predicted octanol–water partition coefficient (Wildman–Crippen LogP) is 22.1. The number of carboxylic acid groups (broad SMARTS) is 5. The molecule has 4 aromatic carbocycles. The number of carbonyl (C=O) groups is 5.